The molecule has 11 heavy (non-hydrogen) atoms. The average molecular weight is 174 g/mol. The van der Waals surface area contributed by atoms with Gasteiger partial charge in [0, 0.05) is 6.66 Å². The van der Waals surface area contributed by atoms with Crippen LogP contribution in [-0.2, 0) is 4.57 Å². The van der Waals surface area contributed by atoms with Gasteiger partial charge in [0.25, 0.3) is 0 Å². The molecule has 1 atom stereocenters. The minimum atomic E-state index is -2.10. The Kier molecular flexibility index (Phi) is 2.66. The van der Waals surface area contributed by atoms with E-state index < -0.39 is 13.8 Å². The van der Waals surface area contributed by atoms with Crippen LogP contribution in [0.15, 0.2) is 24.3 Å². The van der Waals surface area contributed by atoms with Gasteiger partial charge in [0.1, 0.15) is 0 Å². The van der Waals surface area contributed by atoms with Crippen molar-refractivity contribution in [3.05, 3.63) is 30.1 Å². The molecule has 1 aromatic rings. The maximum absolute atomic E-state index is 12.7. The molecule has 0 aliphatic rings. The fourth-order valence-corrected chi connectivity index (χ4v) is 1.16. The van der Waals surface area contributed by atoms with Gasteiger partial charge in [0.05, 0.1) is 0 Å². The van der Waals surface area contributed by atoms with Crippen LogP contribution in [-0.4, -0.2) is 6.66 Å². The summed E-state index contributed by atoms with van der Waals surface area (Å²) in [5.41, 5.74) is 0. The highest BCUT2D eigenvalue weighted by molar-refractivity contribution is 7.38. The summed E-state index contributed by atoms with van der Waals surface area (Å²) < 4.78 is 28.0. The molecule has 0 aliphatic carbocycles. The van der Waals surface area contributed by atoms with Crippen LogP contribution in [0.25, 0.3) is 0 Å². The van der Waals surface area contributed by atoms with E-state index in [9.17, 15) is 8.96 Å². The van der Waals surface area contributed by atoms with E-state index >= 15 is 0 Å². The van der Waals surface area contributed by atoms with Crippen molar-refractivity contribution in [2.75, 3.05) is 6.66 Å². The first-order valence-electron chi connectivity index (χ1n) is 3.13. The van der Waals surface area contributed by atoms with Crippen LogP contribution in [0.1, 0.15) is 0 Å². The van der Waals surface area contributed by atoms with Crippen molar-refractivity contribution in [3.63, 3.8) is 0 Å². The number of benzene rings is 1. The maximum Gasteiger partial charge on any atom is 0.233 e. The van der Waals surface area contributed by atoms with Crippen LogP contribution in [0.4, 0.5) is 4.39 Å². The summed E-state index contributed by atoms with van der Waals surface area (Å²) in [6.45, 7) is 1.41. The van der Waals surface area contributed by atoms with E-state index in [2.05, 4.69) is 0 Å². The fraction of sp³-hybridized carbons (Fsp3) is 0.143. The highest BCUT2D eigenvalue weighted by Gasteiger charge is 2.01. The van der Waals surface area contributed by atoms with Gasteiger partial charge >= 0.3 is 0 Å². The smallest absolute Gasteiger partial charge is 0.233 e. The minimum absolute atomic E-state index is 0.0545. The van der Waals surface area contributed by atoms with E-state index in [0.29, 0.717) is 0 Å². The quantitative estimate of drug-likeness (QED) is 0.643. The predicted octanol–water partition coefficient (Wildman–Crippen LogP) is 2.31. The second-order valence-corrected chi connectivity index (χ2v) is 3.21. The van der Waals surface area contributed by atoms with E-state index in [4.69, 9.17) is 4.52 Å². The molecule has 0 aromatic heterocycles. The Balaban J connectivity index is 2.86. The number of halogens is 1. The molecule has 1 unspecified atom stereocenters. The average Bonchev–Trinajstić information content (AvgIpc) is 1.93. The zero-order chi connectivity index (χ0) is 8.27. The molecule has 60 valence electrons. The van der Waals surface area contributed by atoms with Crippen LogP contribution in [0.3, 0.4) is 0 Å². The van der Waals surface area contributed by atoms with Crippen molar-refractivity contribution in [2.24, 2.45) is 0 Å². The molecule has 0 aliphatic heterocycles. The molecule has 0 heterocycles. The fourth-order valence-electron chi connectivity index (χ4n) is 0.682. The van der Waals surface area contributed by atoms with Gasteiger partial charge in [0.15, 0.2) is 11.6 Å². The lowest BCUT2D eigenvalue weighted by molar-refractivity contribution is 0.482. The maximum atomic E-state index is 12.7. The zero-order valence-corrected chi connectivity index (χ0v) is 7.00. The predicted molar refractivity (Wildman–Crippen MR) is 42.0 cm³/mol. The van der Waals surface area contributed by atoms with E-state index in [-0.39, 0.29) is 5.75 Å². The van der Waals surface area contributed by atoms with E-state index in [1.165, 1.54) is 18.8 Å². The highest BCUT2D eigenvalue weighted by Crippen LogP contribution is 2.25. The first-order chi connectivity index (χ1) is 5.20. The molecular formula is C7H8FO2P. The van der Waals surface area contributed by atoms with E-state index in [1.54, 1.807) is 12.1 Å². The van der Waals surface area contributed by atoms with Gasteiger partial charge in [-0.2, -0.15) is 0 Å². The van der Waals surface area contributed by atoms with Crippen molar-refractivity contribution >= 4 is 8.03 Å². The molecule has 0 bridgehead atoms. The third kappa shape index (κ3) is 2.35. The Morgan fingerprint density at radius 3 is 2.64 bits per heavy atom. The topological polar surface area (TPSA) is 26.3 Å². The zero-order valence-electron chi connectivity index (χ0n) is 6.00. The summed E-state index contributed by atoms with van der Waals surface area (Å²) in [7, 11) is -2.10. The molecule has 0 saturated carbocycles. The lowest BCUT2D eigenvalue weighted by Crippen LogP contribution is -1.83. The summed E-state index contributed by atoms with van der Waals surface area (Å²) in [4.78, 5) is 0. The summed E-state index contributed by atoms with van der Waals surface area (Å²) in [6, 6.07) is 5.89. The third-order valence-electron chi connectivity index (χ3n) is 1.09. The van der Waals surface area contributed by atoms with Gasteiger partial charge in [-0.3, -0.25) is 4.57 Å². The van der Waals surface area contributed by atoms with E-state index in [1.807, 2.05) is 0 Å². The number of hydrogen-bond acceptors (Lipinski definition) is 2. The third-order valence-corrected chi connectivity index (χ3v) is 1.60. The summed E-state index contributed by atoms with van der Waals surface area (Å²) in [5.74, 6) is -0.424. The molecule has 1 rings (SSSR count). The monoisotopic (exact) mass is 174 g/mol. The van der Waals surface area contributed by atoms with Crippen molar-refractivity contribution in [2.45, 2.75) is 0 Å². The highest BCUT2D eigenvalue weighted by atomic mass is 31.1. The van der Waals surface area contributed by atoms with Gasteiger partial charge in [-0.05, 0) is 12.1 Å². The Labute approximate surface area is 64.9 Å². The molecule has 0 spiro atoms. The molecular weight excluding hydrogens is 166 g/mol. The first-order valence-corrected chi connectivity index (χ1v) is 4.95. The molecule has 0 radical (unpaired) electrons. The summed E-state index contributed by atoms with van der Waals surface area (Å²) in [6.07, 6.45) is 0. The van der Waals surface area contributed by atoms with Crippen LogP contribution < -0.4 is 4.52 Å². The lowest BCUT2D eigenvalue weighted by atomic mass is 10.3. The van der Waals surface area contributed by atoms with Crippen molar-refractivity contribution < 1.29 is 13.5 Å². The molecule has 1 aromatic carbocycles. The molecule has 0 fully saturated rings. The van der Waals surface area contributed by atoms with Gasteiger partial charge in [-0.25, -0.2) is 4.39 Å². The van der Waals surface area contributed by atoms with Crippen LogP contribution in [0, 0.1) is 5.82 Å². The Morgan fingerprint density at radius 2 is 2.09 bits per heavy atom. The lowest BCUT2D eigenvalue weighted by Gasteiger charge is -2.01. The van der Waals surface area contributed by atoms with E-state index in [0.717, 1.165) is 0 Å². The van der Waals surface area contributed by atoms with Crippen LogP contribution in [0.5, 0.6) is 5.75 Å². The Morgan fingerprint density at radius 1 is 1.45 bits per heavy atom. The number of hydrogen-bond donors (Lipinski definition) is 0. The molecule has 2 nitrogen and oxygen atoms in total. The van der Waals surface area contributed by atoms with Gasteiger partial charge in [0.2, 0.25) is 8.03 Å². The summed E-state index contributed by atoms with van der Waals surface area (Å²) in [5, 5.41) is 0. The second-order valence-electron chi connectivity index (χ2n) is 2.02. The van der Waals surface area contributed by atoms with Gasteiger partial charge in [-0.15, -0.1) is 0 Å². The van der Waals surface area contributed by atoms with Crippen molar-refractivity contribution in [1.82, 2.24) is 0 Å². The Hall–Kier alpha value is -0.820. The van der Waals surface area contributed by atoms with Crippen LogP contribution in [0.2, 0.25) is 0 Å². The second kappa shape index (κ2) is 3.54. The number of rotatable bonds is 2. The van der Waals surface area contributed by atoms with Gasteiger partial charge < -0.3 is 4.52 Å². The van der Waals surface area contributed by atoms with Crippen molar-refractivity contribution in [1.29, 1.82) is 0 Å². The van der Waals surface area contributed by atoms with Crippen LogP contribution >= 0.6 is 8.03 Å². The first kappa shape index (κ1) is 8.28. The van der Waals surface area contributed by atoms with Gasteiger partial charge in [-0.1, -0.05) is 12.1 Å². The Bertz CT molecular complexity index is 275. The normalized spacial score (nSPS) is 12.5. The molecule has 0 amide bonds. The standard InChI is InChI=1S/C7H8FO2P/c1-11(9)10-7-5-3-2-4-6(7)8/h2-5,11H,1H3. The minimum Gasteiger partial charge on any atom is -0.442 e. The SMILES string of the molecule is C[PH](=O)Oc1ccccc1F. The van der Waals surface area contributed by atoms with Crippen molar-refractivity contribution in [3.8, 4) is 5.75 Å². The largest absolute Gasteiger partial charge is 0.442 e. The molecule has 0 N–H and O–H groups in total. The summed E-state index contributed by atoms with van der Waals surface area (Å²) >= 11 is 0. The number of para-hydroxylation sites is 1. The molecule has 4 heteroatoms. The molecule has 0 saturated heterocycles.